The first-order chi connectivity index (χ1) is 13.4. The lowest BCUT2D eigenvalue weighted by Gasteiger charge is -2.27. The number of halogens is 2. The Balaban J connectivity index is 1.84. The highest BCUT2D eigenvalue weighted by Crippen LogP contribution is 2.40. The topological polar surface area (TPSA) is 75.7 Å². The average Bonchev–Trinajstić information content (AvgIpc) is 2.92. The van der Waals surface area contributed by atoms with Crippen LogP contribution in [0.3, 0.4) is 0 Å². The number of hydrogen-bond donors (Lipinski definition) is 1. The summed E-state index contributed by atoms with van der Waals surface area (Å²) in [4.78, 5) is 14.3. The van der Waals surface area contributed by atoms with Crippen molar-refractivity contribution in [3.8, 4) is 0 Å². The van der Waals surface area contributed by atoms with E-state index in [0.717, 1.165) is 0 Å². The van der Waals surface area contributed by atoms with Gasteiger partial charge in [-0.1, -0.05) is 29.8 Å². The number of ether oxygens (including phenoxy) is 1. The lowest BCUT2D eigenvalue weighted by Crippen LogP contribution is -2.42. The van der Waals surface area contributed by atoms with E-state index in [1.165, 1.54) is 29.2 Å². The van der Waals surface area contributed by atoms with Crippen molar-refractivity contribution in [3.05, 3.63) is 63.8 Å². The molecule has 1 N–H and O–H groups in total. The zero-order valence-electron chi connectivity index (χ0n) is 14.6. The molecule has 0 spiro atoms. The van der Waals surface area contributed by atoms with Gasteiger partial charge < -0.3 is 15.0 Å². The molecule has 28 heavy (non-hydrogen) atoms. The maximum absolute atomic E-state index is 13.5. The molecule has 0 radical (unpaired) electrons. The van der Waals surface area contributed by atoms with Gasteiger partial charge in [0.1, 0.15) is 5.82 Å². The molecule has 6 nitrogen and oxygen atoms in total. The molecular weight excluding hydrogens is 407 g/mol. The number of sulfone groups is 1. The van der Waals surface area contributed by atoms with Crippen molar-refractivity contribution in [2.24, 2.45) is 0 Å². The van der Waals surface area contributed by atoms with Gasteiger partial charge in [-0.15, -0.1) is 0 Å². The minimum atomic E-state index is -4.00. The third kappa shape index (κ3) is 3.17. The monoisotopic (exact) mass is 422 g/mol. The van der Waals surface area contributed by atoms with Crippen LogP contribution >= 0.6 is 11.6 Å². The van der Waals surface area contributed by atoms with E-state index < -0.39 is 21.6 Å². The van der Waals surface area contributed by atoms with Crippen LogP contribution in [0.1, 0.15) is 5.56 Å². The molecule has 0 bridgehead atoms. The largest absolute Gasteiger partial charge is 0.378 e. The lowest BCUT2D eigenvalue weighted by atomic mass is 10.1. The highest BCUT2D eigenvalue weighted by molar-refractivity contribution is 7.97. The smallest absolute Gasteiger partial charge is 0.268 e. The summed E-state index contributed by atoms with van der Waals surface area (Å²) in [7, 11) is -4.00. The van der Waals surface area contributed by atoms with Crippen LogP contribution in [0.2, 0.25) is 5.02 Å². The van der Waals surface area contributed by atoms with Crippen LogP contribution in [0.4, 0.5) is 10.1 Å². The standard InChI is InChI=1S/C19H16ClFN2O4S/c20-14-11-12(5-6-15(14)21)22-17-13-3-1-2-4-16(13)28(25,26)18(17)19(24)23-7-9-27-10-8-23/h1-6,11,22H,7-10H2. The van der Waals surface area contributed by atoms with E-state index in [1.807, 2.05) is 0 Å². The number of hydrogen-bond acceptors (Lipinski definition) is 5. The Morgan fingerprint density at radius 3 is 2.57 bits per heavy atom. The van der Waals surface area contributed by atoms with Gasteiger partial charge in [-0.25, -0.2) is 12.8 Å². The van der Waals surface area contributed by atoms with Crippen molar-refractivity contribution in [2.45, 2.75) is 4.90 Å². The highest BCUT2D eigenvalue weighted by atomic mass is 35.5. The van der Waals surface area contributed by atoms with E-state index in [9.17, 15) is 17.6 Å². The van der Waals surface area contributed by atoms with E-state index in [4.69, 9.17) is 16.3 Å². The second kappa shape index (κ2) is 7.20. The van der Waals surface area contributed by atoms with Crippen molar-refractivity contribution in [3.63, 3.8) is 0 Å². The van der Waals surface area contributed by atoms with E-state index in [-0.39, 0.29) is 20.5 Å². The van der Waals surface area contributed by atoms with Gasteiger partial charge in [-0.2, -0.15) is 0 Å². The maximum Gasteiger partial charge on any atom is 0.268 e. The number of rotatable bonds is 3. The van der Waals surface area contributed by atoms with Crippen LogP contribution in [0, 0.1) is 5.82 Å². The normalized spacial score (nSPS) is 18.1. The van der Waals surface area contributed by atoms with Gasteiger partial charge in [-0.3, -0.25) is 4.79 Å². The molecular formula is C19H16ClFN2O4S. The van der Waals surface area contributed by atoms with Crippen LogP contribution in [0.5, 0.6) is 0 Å². The molecule has 2 aromatic rings. The summed E-state index contributed by atoms with van der Waals surface area (Å²) in [5, 5.41) is 2.85. The Kier molecular flexibility index (Phi) is 4.86. The fourth-order valence-electron chi connectivity index (χ4n) is 3.25. The first-order valence-electron chi connectivity index (χ1n) is 8.57. The van der Waals surface area contributed by atoms with Crippen LogP contribution < -0.4 is 5.32 Å². The number of carbonyl (C=O) groups excluding carboxylic acids is 1. The molecule has 2 aliphatic rings. The molecule has 0 aliphatic carbocycles. The Morgan fingerprint density at radius 2 is 1.86 bits per heavy atom. The molecule has 0 unspecified atom stereocenters. The van der Waals surface area contributed by atoms with Gasteiger partial charge in [0.2, 0.25) is 9.84 Å². The summed E-state index contributed by atoms with van der Waals surface area (Å²) in [5.74, 6) is -1.18. The summed E-state index contributed by atoms with van der Waals surface area (Å²) in [6.07, 6.45) is 0. The maximum atomic E-state index is 13.5. The minimum absolute atomic E-state index is 0.0577. The summed E-state index contributed by atoms with van der Waals surface area (Å²) >= 11 is 5.84. The SMILES string of the molecule is O=C(C1=C(Nc2ccc(F)c(Cl)c2)c2ccccc2S1(=O)=O)N1CCOCC1. The Hall–Kier alpha value is -2.42. The fourth-order valence-corrected chi connectivity index (χ4v) is 5.15. The molecule has 146 valence electrons. The zero-order chi connectivity index (χ0) is 19.9. The summed E-state index contributed by atoms with van der Waals surface area (Å²) < 4.78 is 45.0. The second-order valence-corrected chi connectivity index (χ2v) is 8.62. The summed E-state index contributed by atoms with van der Waals surface area (Å²) in [5.41, 5.74) is 0.926. The number of nitrogens with one attached hydrogen (secondary N) is 1. The number of anilines is 1. The minimum Gasteiger partial charge on any atom is -0.378 e. The third-order valence-electron chi connectivity index (χ3n) is 4.62. The third-order valence-corrected chi connectivity index (χ3v) is 6.76. The average molecular weight is 423 g/mol. The molecule has 1 saturated heterocycles. The number of benzene rings is 2. The van der Waals surface area contributed by atoms with Gasteiger partial charge in [0.15, 0.2) is 4.91 Å². The number of carbonyl (C=O) groups is 1. The summed E-state index contributed by atoms with van der Waals surface area (Å²) in [6, 6.07) is 10.3. The highest BCUT2D eigenvalue weighted by Gasteiger charge is 2.42. The number of morpholine rings is 1. The Morgan fingerprint density at radius 1 is 1.14 bits per heavy atom. The zero-order valence-corrected chi connectivity index (χ0v) is 16.2. The molecule has 0 saturated carbocycles. The van der Waals surface area contributed by atoms with Crippen LogP contribution in [-0.4, -0.2) is 45.5 Å². The summed E-state index contributed by atoms with van der Waals surface area (Å²) in [6.45, 7) is 1.32. The van der Waals surface area contributed by atoms with Crippen molar-refractivity contribution < 1.29 is 22.3 Å². The fraction of sp³-hybridized carbons (Fsp3) is 0.211. The molecule has 1 fully saturated rings. The van der Waals surface area contributed by atoms with Crippen LogP contribution in [0.25, 0.3) is 5.70 Å². The van der Waals surface area contributed by atoms with Gasteiger partial charge in [0, 0.05) is 24.3 Å². The molecule has 9 heteroatoms. The molecule has 1 amide bonds. The molecule has 0 atom stereocenters. The first-order valence-corrected chi connectivity index (χ1v) is 10.4. The predicted molar refractivity (Wildman–Crippen MR) is 103 cm³/mol. The predicted octanol–water partition coefficient (Wildman–Crippen LogP) is 2.91. The quantitative estimate of drug-likeness (QED) is 0.823. The van der Waals surface area contributed by atoms with Gasteiger partial charge >= 0.3 is 0 Å². The second-order valence-electron chi connectivity index (χ2n) is 6.36. The van der Waals surface area contributed by atoms with E-state index in [2.05, 4.69) is 5.32 Å². The Labute approximate surface area is 166 Å². The van der Waals surface area contributed by atoms with E-state index >= 15 is 0 Å². The molecule has 2 heterocycles. The van der Waals surface area contributed by atoms with Crippen molar-refractivity contribution in [1.82, 2.24) is 4.90 Å². The molecule has 0 aromatic heterocycles. The number of nitrogens with zero attached hydrogens (tertiary/aromatic N) is 1. The van der Waals surface area contributed by atoms with Gasteiger partial charge in [-0.05, 0) is 24.3 Å². The first kappa shape index (κ1) is 18.9. The Bertz CT molecular complexity index is 1090. The lowest BCUT2D eigenvalue weighted by molar-refractivity contribution is -0.130. The number of fused-ring (bicyclic) bond motifs is 1. The van der Waals surface area contributed by atoms with E-state index in [0.29, 0.717) is 37.6 Å². The van der Waals surface area contributed by atoms with E-state index in [1.54, 1.807) is 18.2 Å². The number of amides is 1. The molecule has 2 aliphatic heterocycles. The molecule has 4 rings (SSSR count). The van der Waals surface area contributed by atoms with Gasteiger partial charge in [0.25, 0.3) is 5.91 Å². The van der Waals surface area contributed by atoms with Crippen LogP contribution in [0.15, 0.2) is 52.3 Å². The van der Waals surface area contributed by atoms with Crippen molar-refractivity contribution in [2.75, 3.05) is 31.6 Å². The molecule has 2 aromatic carbocycles. The van der Waals surface area contributed by atoms with Crippen molar-refractivity contribution in [1.29, 1.82) is 0 Å². The van der Waals surface area contributed by atoms with Gasteiger partial charge in [0.05, 0.1) is 28.8 Å². The van der Waals surface area contributed by atoms with Crippen LogP contribution in [-0.2, 0) is 19.4 Å². The van der Waals surface area contributed by atoms with Crippen molar-refractivity contribution >= 4 is 38.7 Å².